The maximum atomic E-state index is 12.4. The summed E-state index contributed by atoms with van der Waals surface area (Å²) in [6, 6.07) is 6.97. The number of rotatable bonds is 7. The maximum absolute atomic E-state index is 12.4. The van der Waals surface area contributed by atoms with Crippen molar-refractivity contribution >= 4 is 21.4 Å². The second-order valence-corrected chi connectivity index (χ2v) is 7.51. The zero-order valence-electron chi connectivity index (χ0n) is 11.7. The van der Waals surface area contributed by atoms with Gasteiger partial charge in [-0.1, -0.05) is 37.6 Å². The van der Waals surface area contributed by atoms with E-state index in [1.54, 1.807) is 31.2 Å². The number of hydrogen-bond acceptors (Lipinski definition) is 3. The van der Waals surface area contributed by atoms with Crippen molar-refractivity contribution in [3.63, 3.8) is 0 Å². The molecule has 0 amide bonds. The Labute approximate surface area is 121 Å². The van der Waals surface area contributed by atoms with Crippen LogP contribution in [0.2, 0.25) is 5.02 Å². The summed E-state index contributed by atoms with van der Waals surface area (Å²) in [5.74, 6) is 0.0627. The van der Waals surface area contributed by atoms with Crippen molar-refractivity contribution in [3.8, 4) is 0 Å². The largest absolute Gasteiger partial charge is 0.313 e. The third-order valence-electron chi connectivity index (χ3n) is 3.32. The Kier molecular flexibility index (Phi) is 6.30. The highest BCUT2D eigenvalue weighted by atomic mass is 35.5. The van der Waals surface area contributed by atoms with Gasteiger partial charge < -0.3 is 5.32 Å². The van der Waals surface area contributed by atoms with Gasteiger partial charge in [-0.25, -0.2) is 8.42 Å². The first-order chi connectivity index (χ1) is 8.90. The van der Waals surface area contributed by atoms with Crippen molar-refractivity contribution in [2.45, 2.75) is 44.2 Å². The summed E-state index contributed by atoms with van der Waals surface area (Å²) < 4.78 is 24.8. The predicted octanol–water partition coefficient (Wildman–Crippen LogP) is 3.03. The molecule has 1 N–H and O–H groups in total. The number of hydrogen-bond donors (Lipinski definition) is 1. The van der Waals surface area contributed by atoms with E-state index < -0.39 is 15.1 Å². The van der Waals surface area contributed by atoms with Crippen molar-refractivity contribution in [3.05, 3.63) is 34.9 Å². The van der Waals surface area contributed by atoms with Crippen LogP contribution in [0.25, 0.3) is 0 Å². The highest BCUT2D eigenvalue weighted by Crippen LogP contribution is 2.17. The third kappa shape index (κ3) is 4.79. The third-order valence-corrected chi connectivity index (χ3v) is 5.77. The van der Waals surface area contributed by atoms with Crippen molar-refractivity contribution in [2.75, 3.05) is 6.54 Å². The minimum Gasteiger partial charge on any atom is -0.313 e. The first-order valence-corrected chi connectivity index (χ1v) is 8.69. The smallest absolute Gasteiger partial charge is 0.158 e. The van der Waals surface area contributed by atoms with Crippen LogP contribution in [0.5, 0.6) is 0 Å². The van der Waals surface area contributed by atoms with E-state index in [1.807, 2.05) is 13.8 Å². The van der Waals surface area contributed by atoms with Crippen LogP contribution in [-0.4, -0.2) is 26.3 Å². The van der Waals surface area contributed by atoms with E-state index in [1.165, 1.54) is 0 Å². The fraction of sp³-hybridized carbons (Fsp3) is 0.571. The van der Waals surface area contributed by atoms with E-state index in [0.717, 1.165) is 18.5 Å². The molecule has 0 aromatic heterocycles. The van der Waals surface area contributed by atoms with Gasteiger partial charge in [0.1, 0.15) is 0 Å². The molecule has 1 rings (SSSR count). The summed E-state index contributed by atoms with van der Waals surface area (Å²) in [5, 5.41) is 3.46. The summed E-state index contributed by atoms with van der Waals surface area (Å²) in [7, 11) is -3.17. The fourth-order valence-corrected chi connectivity index (χ4v) is 3.93. The van der Waals surface area contributed by atoms with Crippen molar-refractivity contribution in [1.29, 1.82) is 0 Å². The molecule has 3 nitrogen and oxygen atoms in total. The van der Waals surface area contributed by atoms with Crippen LogP contribution >= 0.6 is 11.6 Å². The van der Waals surface area contributed by atoms with Crippen LogP contribution in [0, 0.1) is 0 Å². The monoisotopic (exact) mass is 303 g/mol. The second-order valence-electron chi connectivity index (χ2n) is 4.71. The number of benzene rings is 1. The summed E-state index contributed by atoms with van der Waals surface area (Å²) in [4.78, 5) is 0. The summed E-state index contributed by atoms with van der Waals surface area (Å²) in [6.07, 6.45) is 0.800. The fourth-order valence-electron chi connectivity index (χ4n) is 2.10. The molecule has 5 heteroatoms. The van der Waals surface area contributed by atoms with E-state index in [9.17, 15) is 8.42 Å². The van der Waals surface area contributed by atoms with E-state index in [4.69, 9.17) is 11.6 Å². The van der Waals surface area contributed by atoms with Gasteiger partial charge in [0.15, 0.2) is 9.84 Å². The van der Waals surface area contributed by atoms with Crippen LogP contribution in [0.1, 0.15) is 32.8 Å². The summed E-state index contributed by atoms with van der Waals surface area (Å²) in [5.41, 5.74) is 0.780. The Morgan fingerprint density at radius 2 is 1.79 bits per heavy atom. The molecule has 0 fully saturated rings. The zero-order valence-corrected chi connectivity index (χ0v) is 13.3. The van der Waals surface area contributed by atoms with Gasteiger partial charge in [-0.05, 0) is 37.6 Å². The van der Waals surface area contributed by atoms with Gasteiger partial charge in [-0.2, -0.15) is 0 Å². The molecular weight excluding hydrogens is 282 g/mol. The highest BCUT2D eigenvalue weighted by Gasteiger charge is 2.27. The van der Waals surface area contributed by atoms with Crippen molar-refractivity contribution in [2.24, 2.45) is 0 Å². The van der Waals surface area contributed by atoms with Gasteiger partial charge in [0.05, 0.1) is 11.0 Å². The Morgan fingerprint density at radius 3 is 2.26 bits per heavy atom. The molecule has 0 aliphatic carbocycles. The second kappa shape index (κ2) is 7.27. The molecule has 0 saturated heterocycles. The lowest BCUT2D eigenvalue weighted by atomic mass is 10.2. The van der Waals surface area contributed by atoms with Gasteiger partial charge in [0, 0.05) is 11.1 Å². The Hall–Kier alpha value is -0.580. The lowest BCUT2D eigenvalue weighted by Crippen LogP contribution is -2.42. The normalized spacial score (nSPS) is 15.2. The lowest BCUT2D eigenvalue weighted by molar-refractivity contribution is 0.482. The predicted molar refractivity (Wildman–Crippen MR) is 81.3 cm³/mol. The van der Waals surface area contributed by atoms with Crippen LogP contribution in [0.4, 0.5) is 0 Å². The van der Waals surface area contributed by atoms with E-state index in [0.29, 0.717) is 5.02 Å². The molecule has 0 aliphatic heterocycles. The zero-order chi connectivity index (χ0) is 14.5. The topological polar surface area (TPSA) is 46.2 Å². The standard InChI is InChI=1S/C14H22ClNO2S/c1-4-14(16-5-2)11(3)19(17,18)10-12-6-8-13(15)9-7-12/h6-9,11,14,16H,4-5,10H2,1-3H3. The van der Waals surface area contributed by atoms with Crippen LogP contribution in [0.3, 0.4) is 0 Å². The minimum absolute atomic E-state index is 0.00213. The molecule has 0 saturated carbocycles. The number of nitrogens with one attached hydrogen (secondary N) is 1. The van der Waals surface area contributed by atoms with Gasteiger partial charge in [-0.15, -0.1) is 0 Å². The molecule has 2 unspecified atom stereocenters. The molecule has 2 atom stereocenters. The summed E-state index contributed by atoms with van der Waals surface area (Å²) >= 11 is 5.80. The van der Waals surface area contributed by atoms with Crippen molar-refractivity contribution in [1.82, 2.24) is 5.32 Å². The summed E-state index contributed by atoms with van der Waals surface area (Å²) in [6.45, 7) is 6.55. The Bertz CT molecular complexity index is 485. The van der Waals surface area contributed by atoms with Gasteiger partial charge >= 0.3 is 0 Å². The highest BCUT2D eigenvalue weighted by molar-refractivity contribution is 7.91. The molecule has 0 spiro atoms. The van der Waals surface area contributed by atoms with Crippen molar-refractivity contribution < 1.29 is 8.42 Å². The minimum atomic E-state index is -3.17. The van der Waals surface area contributed by atoms with Gasteiger partial charge in [0.25, 0.3) is 0 Å². The van der Waals surface area contributed by atoms with Crippen LogP contribution < -0.4 is 5.32 Å². The molecule has 0 bridgehead atoms. The molecule has 1 aromatic rings. The first-order valence-electron chi connectivity index (χ1n) is 6.60. The molecular formula is C14H22ClNO2S. The van der Waals surface area contributed by atoms with E-state index in [-0.39, 0.29) is 11.8 Å². The van der Waals surface area contributed by atoms with Crippen LogP contribution in [0.15, 0.2) is 24.3 Å². The molecule has 1 aromatic carbocycles. The Balaban J connectivity index is 2.82. The molecule has 0 radical (unpaired) electrons. The first kappa shape index (κ1) is 16.5. The average molecular weight is 304 g/mol. The average Bonchev–Trinajstić information content (AvgIpc) is 2.37. The maximum Gasteiger partial charge on any atom is 0.158 e. The molecule has 19 heavy (non-hydrogen) atoms. The molecule has 0 heterocycles. The molecule has 108 valence electrons. The lowest BCUT2D eigenvalue weighted by Gasteiger charge is -2.23. The van der Waals surface area contributed by atoms with Crippen LogP contribution in [-0.2, 0) is 15.6 Å². The van der Waals surface area contributed by atoms with Gasteiger partial charge in [-0.3, -0.25) is 0 Å². The SMILES string of the molecule is CCNC(CC)C(C)S(=O)(=O)Cc1ccc(Cl)cc1. The number of sulfone groups is 1. The van der Waals surface area contributed by atoms with E-state index >= 15 is 0 Å². The number of halogens is 1. The quantitative estimate of drug-likeness (QED) is 0.842. The Morgan fingerprint density at radius 1 is 1.21 bits per heavy atom. The van der Waals surface area contributed by atoms with Gasteiger partial charge in [0.2, 0.25) is 0 Å². The van der Waals surface area contributed by atoms with E-state index in [2.05, 4.69) is 5.32 Å². The molecule has 0 aliphatic rings.